The molecule has 0 atom stereocenters. The number of thioether (sulfide) groups is 1. The summed E-state index contributed by atoms with van der Waals surface area (Å²) in [5, 5.41) is 9.11. The maximum Gasteiger partial charge on any atom is 0.335 e. The van der Waals surface area contributed by atoms with Crippen LogP contribution in [0.1, 0.15) is 31.8 Å². The average molecular weight is 369 g/mol. The fraction of sp³-hybridized carbons (Fsp3) is 0.250. The lowest BCUT2D eigenvalue weighted by Gasteiger charge is -2.29. The molecule has 0 radical (unpaired) electrons. The van der Waals surface area contributed by atoms with Crippen molar-refractivity contribution in [2.45, 2.75) is 13.0 Å². The number of ketones is 1. The Balaban J connectivity index is 1.54. The first-order valence-electron chi connectivity index (χ1n) is 8.33. The molecule has 0 spiro atoms. The number of nitrogens with zero attached hydrogens (tertiary/aromatic N) is 1. The predicted molar refractivity (Wildman–Crippen MR) is 101 cm³/mol. The summed E-state index contributed by atoms with van der Waals surface area (Å²) in [7, 11) is 0. The van der Waals surface area contributed by atoms with E-state index in [4.69, 9.17) is 5.11 Å². The SMILES string of the molecule is O=C(O)c1ccc2c(c1)CN(C(=O)CSCC(=O)c1ccccc1)CC2. The van der Waals surface area contributed by atoms with Crippen molar-refractivity contribution in [1.82, 2.24) is 4.90 Å². The van der Waals surface area contributed by atoms with Crippen LogP contribution in [0.5, 0.6) is 0 Å². The topological polar surface area (TPSA) is 74.7 Å². The van der Waals surface area contributed by atoms with Crippen LogP contribution in [0.3, 0.4) is 0 Å². The minimum absolute atomic E-state index is 0.0125. The highest BCUT2D eigenvalue weighted by Gasteiger charge is 2.21. The van der Waals surface area contributed by atoms with E-state index in [0.29, 0.717) is 25.1 Å². The van der Waals surface area contributed by atoms with Gasteiger partial charge in [0.05, 0.1) is 17.1 Å². The Morgan fingerprint density at radius 1 is 0.962 bits per heavy atom. The molecule has 5 nitrogen and oxygen atoms in total. The van der Waals surface area contributed by atoms with E-state index < -0.39 is 5.97 Å². The van der Waals surface area contributed by atoms with Gasteiger partial charge >= 0.3 is 5.97 Å². The van der Waals surface area contributed by atoms with Crippen molar-refractivity contribution in [3.8, 4) is 0 Å². The van der Waals surface area contributed by atoms with Crippen LogP contribution in [0.25, 0.3) is 0 Å². The van der Waals surface area contributed by atoms with Gasteiger partial charge in [0.15, 0.2) is 5.78 Å². The van der Waals surface area contributed by atoms with E-state index in [9.17, 15) is 14.4 Å². The maximum atomic E-state index is 12.4. The number of carbonyl (C=O) groups is 3. The standard InChI is InChI=1S/C20H19NO4S/c22-18(15-4-2-1-3-5-15)12-26-13-19(23)21-9-8-14-6-7-16(20(24)25)10-17(14)11-21/h1-7,10H,8-9,11-13H2,(H,24,25). The average Bonchev–Trinajstić information content (AvgIpc) is 2.67. The minimum Gasteiger partial charge on any atom is -0.478 e. The molecule has 0 bridgehead atoms. The van der Waals surface area contributed by atoms with Crippen molar-refractivity contribution in [3.05, 3.63) is 70.8 Å². The number of hydrogen-bond donors (Lipinski definition) is 1. The number of aromatic carboxylic acids is 1. The molecular formula is C20H19NO4S. The number of fused-ring (bicyclic) bond motifs is 1. The van der Waals surface area contributed by atoms with Crippen molar-refractivity contribution < 1.29 is 19.5 Å². The molecule has 26 heavy (non-hydrogen) atoms. The summed E-state index contributed by atoms with van der Waals surface area (Å²) in [6.45, 7) is 1.04. The Labute approximate surface area is 156 Å². The van der Waals surface area contributed by atoms with Crippen molar-refractivity contribution >= 4 is 29.4 Å². The smallest absolute Gasteiger partial charge is 0.335 e. The van der Waals surface area contributed by atoms with Crippen LogP contribution in [0, 0.1) is 0 Å². The van der Waals surface area contributed by atoms with Crippen LogP contribution >= 0.6 is 11.8 Å². The summed E-state index contributed by atoms with van der Waals surface area (Å²) in [4.78, 5) is 37.3. The second-order valence-corrected chi connectivity index (χ2v) is 7.12. The van der Waals surface area contributed by atoms with Crippen LogP contribution in [-0.2, 0) is 17.8 Å². The number of amides is 1. The Kier molecular flexibility index (Phi) is 5.73. The summed E-state index contributed by atoms with van der Waals surface area (Å²) in [6, 6.07) is 14.1. The van der Waals surface area contributed by atoms with E-state index in [1.807, 2.05) is 24.3 Å². The van der Waals surface area contributed by atoms with Gasteiger partial charge in [-0.2, -0.15) is 0 Å². The van der Waals surface area contributed by atoms with Gasteiger partial charge in [0.25, 0.3) is 0 Å². The van der Waals surface area contributed by atoms with E-state index >= 15 is 0 Å². The number of hydrogen-bond acceptors (Lipinski definition) is 4. The minimum atomic E-state index is -0.966. The van der Waals surface area contributed by atoms with Gasteiger partial charge in [-0.1, -0.05) is 36.4 Å². The van der Waals surface area contributed by atoms with E-state index in [1.54, 1.807) is 29.2 Å². The molecule has 0 saturated heterocycles. The second-order valence-electron chi connectivity index (χ2n) is 6.14. The molecule has 0 fully saturated rings. The molecule has 6 heteroatoms. The first-order chi connectivity index (χ1) is 12.5. The normalized spacial score (nSPS) is 13.2. The van der Waals surface area contributed by atoms with Gasteiger partial charge in [0.1, 0.15) is 0 Å². The Hall–Kier alpha value is -2.60. The van der Waals surface area contributed by atoms with Crippen molar-refractivity contribution in [3.63, 3.8) is 0 Å². The Morgan fingerprint density at radius 3 is 2.46 bits per heavy atom. The zero-order valence-electron chi connectivity index (χ0n) is 14.2. The van der Waals surface area contributed by atoms with Crippen LogP contribution in [-0.4, -0.2) is 45.7 Å². The number of Topliss-reactive ketones (excluding diaryl/α,β-unsaturated/α-hetero) is 1. The van der Waals surface area contributed by atoms with Crippen molar-refractivity contribution in [2.75, 3.05) is 18.1 Å². The summed E-state index contributed by atoms with van der Waals surface area (Å²) in [6.07, 6.45) is 0.717. The number of benzene rings is 2. The third kappa shape index (κ3) is 4.32. The molecule has 2 aromatic carbocycles. The Morgan fingerprint density at radius 2 is 1.73 bits per heavy atom. The van der Waals surface area contributed by atoms with Gasteiger partial charge in [-0.25, -0.2) is 4.79 Å². The molecule has 0 saturated carbocycles. The monoisotopic (exact) mass is 369 g/mol. The number of carbonyl (C=O) groups excluding carboxylic acids is 2. The van der Waals surface area contributed by atoms with Gasteiger partial charge in [-0.15, -0.1) is 11.8 Å². The third-order valence-corrected chi connectivity index (χ3v) is 5.29. The molecule has 2 aromatic rings. The number of carboxylic acid groups (broad SMARTS) is 1. The lowest BCUT2D eigenvalue weighted by Crippen LogP contribution is -2.37. The molecule has 1 aliphatic heterocycles. The van der Waals surface area contributed by atoms with Gasteiger partial charge in [-0.3, -0.25) is 9.59 Å². The summed E-state index contributed by atoms with van der Waals surface area (Å²) >= 11 is 1.31. The highest BCUT2D eigenvalue weighted by atomic mass is 32.2. The van der Waals surface area contributed by atoms with Crippen LogP contribution in [0.15, 0.2) is 48.5 Å². The molecule has 1 aliphatic rings. The van der Waals surface area contributed by atoms with E-state index in [2.05, 4.69) is 0 Å². The van der Waals surface area contributed by atoms with Gasteiger partial charge < -0.3 is 10.0 Å². The Bertz CT molecular complexity index is 835. The molecule has 134 valence electrons. The molecule has 1 amide bonds. The molecule has 0 aliphatic carbocycles. The van der Waals surface area contributed by atoms with Gasteiger partial charge in [0, 0.05) is 18.7 Å². The molecule has 0 unspecified atom stereocenters. The van der Waals surface area contributed by atoms with Gasteiger partial charge in [0.2, 0.25) is 5.91 Å². The molecular weight excluding hydrogens is 350 g/mol. The molecule has 0 aromatic heterocycles. The summed E-state index contributed by atoms with van der Waals surface area (Å²) in [5.41, 5.74) is 2.86. The highest BCUT2D eigenvalue weighted by Crippen LogP contribution is 2.21. The van der Waals surface area contributed by atoms with Crippen LogP contribution in [0.4, 0.5) is 0 Å². The van der Waals surface area contributed by atoms with Crippen LogP contribution < -0.4 is 0 Å². The fourth-order valence-corrected chi connectivity index (χ4v) is 3.74. The predicted octanol–water partition coefficient (Wildman–Crippen LogP) is 2.89. The first kappa shape index (κ1) is 18.2. The second kappa shape index (κ2) is 8.19. The van der Waals surface area contributed by atoms with Crippen molar-refractivity contribution in [1.29, 1.82) is 0 Å². The van der Waals surface area contributed by atoms with E-state index in [1.165, 1.54) is 11.8 Å². The first-order valence-corrected chi connectivity index (χ1v) is 9.49. The fourth-order valence-electron chi connectivity index (χ4n) is 2.93. The molecule has 1 heterocycles. The zero-order chi connectivity index (χ0) is 18.5. The largest absolute Gasteiger partial charge is 0.478 e. The highest BCUT2D eigenvalue weighted by molar-refractivity contribution is 8.00. The summed E-state index contributed by atoms with van der Waals surface area (Å²) in [5.74, 6) is -0.470. The van der Waals surface area contributed by atoms with E-state index in [-0.39, 0.29) is 28.8 Å². The molecule has 1 N–H and O–H groups in total. The lowest BCUT2D eigenvalue weighted by molar-refractivity contribution is -0.129. The third-order valence-electron chi connectivity index (χ3n) is 4.37. The number of carboxylic acids is 1. The number of rotatable bonds is 6. The van der Waals surface area contributed by atoms with E-state index in [0.717, 1.165) is 11.1 Å². The van der Waals surface area contributed by atoms with Crippen molar-refractivity contribution in [2.24, 2.45) is 0 Å². The molecule has 3 rings (SSSR count). The maximum absolute atomic E-state index is 12.4. The lowest BCUT2D eigenvalue weighted by atomic mass is 9.97. The van der Waals surface area contributed by atoms with Crippen LogP contribution in [0.2, 0.25) is 0 Å². The summed E-state index contributed by atoms with van der Waals surface area (Å²) < 4.78 is 0. The van der Waals surface area contributed by atoms with Gasteiger partial charge in [-0.05, 0) is 29.7 Å². The zero-order valence-corrected chi connectivity index (χ0v) is 15.0. The quantitative estimate of drug-likeness (QED) is 0.793.